The molecule has 0 aromatic heterocycles. The number of nitrogens with zero attached hydrogens (tertiary/aromatic N) is 1. The summed E-state index contributed by atoms with van der Waals surface area (Å²) < 4.78 is 39.1. The molecule has 6 nitrogen and oxygen atoms in total. The molecule has 9 heteroatoms. The average Bonchev–Trinajstić information content (AvgIpc) is 3.05. The molecule has 2 atom stereocenters. The Kier molecular flexibility index (Phi) is 5.89. The SMILES string of the molecule is CCCNC(=O)c1cccc(C(=O)N2C[C@@H](C(F)(F)F)[C@H](C(=O)O)C2)c1. The molecule has 2 amide bonds. The number of carboxylic acid groups (broad SMARTS) is 1. The fourth-order valence-corrected chi connectivity index (χ4v) is 2.87. The first-order chi connectivity index (χ1) is 12.1. The number of alkyl halides is 3. The number of halogens is 3. The van der Waals surface area contributed by atoms with E-state index in [1.807, 2.05) is 6.92 Å². The second kappa shape index (κ2) is 7.76. The molecule has 26 heavy (non-hydrogen) atoms. The Bertz CT molecular complexity index is 705. The van der Waals surface area contributed by atoms with Crippen LogP contribution in [0.4, 0.5) is 13.2 Å². The van der Waals surface area contributed by atoms with Gasteiger partial charge in [-0.3, -0.25) is 14.4 Å². The largest absolute Gasteiger partial charge is 0.481 e. The zero-order chi connectivity index (χ0) is 19.5. The topological polar surface area (TPSA) is 86.7 Å². The number of carboxylic acids is 1. The van der Waals surface area contributed by atoms with Crippen molar-refractivity contribution in [3.05, 3.63) is 35.4 Å². The van der Waals surface area contributed by atoms with Gasteiger partial charge in [0, 0.05) is 30.8 Å². The Hall–Kier alpha value is -2.58. The predicted molar refractivity (Wildman–Crippen MR) is 85.6 cm³/mol. The van der Waals surface area contributed by atoms with Crippen molar-refractivity contribution in [1.82, 2.24) is 10.2 Å². The fourth-order valence-electron chi connectivity index (χ4n) is 2.87. The number of aliphatic carboxylic acids is 1. The average molecular weight is 372 g/mol. The number of hydrogen-bond acceptors (Lipinski definition) is 3. The van der Waals surface area contributed by atoms with Gasteiger partial charge in [-0.15, -0.1) is 0 Å². The molecule has 1 aromatic carbocycles. The normalized spacial score (nSPS) is 20.1. The summed E-state index contributed by atoms with van der Waals surface area (Å²) in [6, 6.07) is 5.63. The van der Waals surface area contributed by atoms with Gasteiger partial charge in [-0.25, -0.2) is 0 Å². The van der Waals surface area contributed by atoms with Crippen LogP contribution >= 0.6 is 0 Å². The van der Waals surface area contributed by atoms with Gasteiger partial charge in [-0.2, -0.15) is 13.2 Å². The van der Waals surface area contributed by atoms with Gasteiger partial charge < -0.3 is 15.3 Å². The first-order valence-electron chi connectivity index (χ1n) is 8.12. The van der Waals surface area contributed by atoms with E-state index in [9.17, 15) is 27.6 Å². The van der Waals surface area contributed by atoms with E-state index in [-0.39, 0.29) is 17.0 Å². The number of hydrogen-bond donors (Lipinski definition) is 2. The number of likely N-dealkylation sites (tertiary alicyclic amines) is 1. The third kappa shape index (κ3) is 4.33. The van der Waals surface area contributed by atoms with Crippen molar-refractivity contribution in [2.45, 2.75) is 19.5 Å². The number of nitrogens with one attached hydrogen (secondary N) is 1. The van der Waals surface area contributed by atoms with Crippen LogP contribution in [-0.4, -0.2) is 53.6 Å². The molecule has 1 aliphatic rings. The summed E-state index contributed by atoms with van der Waals surface area (Å²) in [4.78, 5) is 36.5. The highest BCUT2D eigenvalue weighted by Gasteiger charge is 2.53. The van der Waals surface area contributed by atoms with Crippen LogP contribution in [0.25, 0.3) is 0 Å². The van der Waals surface area contributed by atoms with E-state index in [4.69, 9.17) is 5.11 Å². The van der Waals surface area contributed by atoms with Crippen LogP contribution in [-0.2, 0) is 4.79 Å². The van der Waals surface area contributed by atoms with Crippen molar-refractivity contribution >= 4 is 17.8 Å². The van der Waals surface area contributed by atoms with Crippen LogP contribution in [0.5, 0.6) is 0 Å². The van der Waals surface area contributed by atoms with Gasteiger partial charge in [0.1, 0.15) is 0 Å². The third-order valence-corrected chi connectivity index (χ3v) is 4.25. The van der Waals surface area contributed by atoms with Crippen molar-refractivity contribution < 1.29 is 32.7 Å². The Labute approximate surface area is 148 Å². The molecule has 0 radical (unpaired) electrons. The zero-order valence-electron chi connectivity index (χ0n) is 14.0. The summed E-state index contributed by atoms with van der Waals surface area (Å²) in [5.41, 5.74) is 0.256. The van der Waals surface area contributed by atoms with Crippen molar-refractivity contribution in [1.29, 1.82) is 0 Å². The van der Waals surface area contributed by atoms with E-state index in [2.05, 4.69) is 5.32 Å². The highest BCUT2D eigenvalue weighted by molar-refractivity contribution is 6.00. The van der Waals surface area contributed by atoms with Crippen molar-refractivity contribution in [3.63, 3.8) is 0 Å². The third-order valence-electron chi connectivity index (χ3n) is 4.25. The molecule has 1 saturated heterocycles. The van der Waals surface area contributed by atoms with E-state index in [0.717, 1.165) is 11.3 Å². The quantitative estimate of drug-likeness (QED) is 0.829. The summed E-state index contributed by atoms with van der Waals surface area (Å²) in [5, 5.41) is 11.7. The van der Waals surface area contributed by atoms with E-state index >= 15 is 0 Å². The summed E-state index contributed by atoms with van der Waals surface area (Å²) in [7, 11) is 0. The summed E-state index contributed by atoms with van der Waals surface area (Å²) in [6.07, 6.45) is -3.98. The van der Waals surface area contributed by atoms with Gasteiger partial charge in [0.15, 0.2) is 0 Å². The van der Waals surface area contributed by atoms with Crippen LogP contribution in [0, 0.1) is 11.8 Å². The number of carbonyl (C=O) groups excluding carboxylic acids is 2. The Balaban J connectivity index is 2.19. The molecule has 2 rings (SSSR count). The van der Waals surface area contributed by atoms with Gasteiger partial charge in [-0.1, -0.05) is 13.0 Å². The Morgan fingerprint density at radius 2 is 1.88 bits per heavy atom. The number of rotatable bonds is 5. The minimum Gasteiger partial charge on any atom is -0.481 e. The molecule has 1 fully saturated rings. The summed E-state index contributed by atoms with van der Waals surface area (Å²) >= 11 is 0. The second-order valence-electron chi connectivity index (χ2n) is 6.14. The lowest BCUT2D eigenvalue weighted by atomic mass is 9.96. The minimum atomic E-state index is -4.71. The molecular formula is C17H19F3N2O4. The highest BCUT2D eigenvalue weighted by Crippen LogP contribution is 2.38. The molecule has 0 saturated carbocycles. The maximum atomic E-state index is 13.0. The second-order valence-corrected chi connectivity index (χ2v) is 6.14. The predicted octanol–water partition coefficient (Wildman–Crippen LogP) is 2.16. The molecule has 1 aliphatic heterocycles. The first-order valence-corrected chi connectivity index (χ1v) is 8.12. The van der Waals surface area contributed by atoms with E-state index in [1.165, 1.54) is 24.3 Å². The molecule has 0 unspecified atom stereocenters. The molecule has 142 valence electrons. The molecule has 0 aliphatic carbocycles. The fraction of sp³-hybridized carbons (Fsp3) is 0.471. The van der Waals surface area contributed by atoms with E-state index in [0.29, 0.717) is 6.54 Å². The van der Waals surface area contributed by atoms with Gasteiger partial charge in [-0.05, 0) is 24.6 Å². The molecule has 0 bridgehead atoms. The standard InChI is InChI=1S/C17H19F3N2O4/c1-2-6-21-14(23)10-4-3-5-11(7-10)15(24)22-8-12(16(25)26)13(9-22)17(18,19)20/h3-5,7,12-13H,2,6,8-9H2,1H3,(H,21,23)(H,25,26)/t12-,13-/m1/s1. The van der Waals surface area contributed by atoms with Gasteiger partial charge in [0.05, 0.1) is 11.8 Å². The first kappa shape index (κ1) is 19.7. The monoisotopic (exact) mass is 372 g/mol. The molecule has 2 N–H and O–H groups in total. The Morgan fingerprint density at radius 1 is 1.23 bits per heavy atom. The Morgan fingerprint density at radius 3 is 2.42 bits per heavy atom. The minimum absolute atomic E-state index is 0.0427. The molecule has 0 spiro atoms. The van der Waals surface area contributed by atoms with Crippen molar-refractivity contribution in [3.8, 4) is 0 Å². The number of benzene rings is 1. The van der Waals surface area contributed by atoms with Crippen LogP contribution in [0.15, 0.2) is 24.3 Å². The molecule has 1 heterocycles. The number of amides is 2. The van der Waals surface area contributed by atoms with E-state index < -0.39 is 43.0 Å². The summed E-state index contributed by atoms with van der Waals surface area (Å²) in [6.45, 7) is 1.09. The maximum Gasteiger partial charge on any atom is 0.394 e. The molecule has 1 aromatic rings. The lowest BCUT2D eigenvalue weighted by molar-refractivity contribution is -0.187. The van der Waals surface area contributed by atoms with Crippen molar-refractivity contribution in [2.75, 3.05) is 19.6 Å². The lowest BCUT2D eigenvalue weighted by Gasteiger charge is -2.18. The van der Waals surface area contributed by atoms with Gasteiger partial charge >= 0.3 is 12.1 Å². The van der Waals surface area contributed by atoms with Crippen LogP contribution in [0.2, 0.25) is 0 Å². The number of carbonyl (C=O) groups is 3. The lowest BCUT2D eigenvalue weighted by Crippen LogP contribution is -2.34. The van der Waals surface area contributed by atoms with Gasteiger partial charge in [0.2, 0.25) is 0 Å². The highest BCUT2D eigenvalue weighted by atomic mass is 19.4. The van der Waals surface area contributed by atoms with Crippen LogP contribution in [0.1, 0.15) is 34.1 Å². The van der Waals surface area contributed by atoms with Crippen LogP contribution in [0.3, 0.4) is 0 Å². The van der Waals surface area contributed by atoms with Crippen molar-refractivity contribution in [2.24, 2.45) is 11.8 Å². The maximum absolute atomic E-state index is 13.0. The van der Waals surface area contributed by atoms with Crippen LogP contribution < -0.4 is 5.32 Å². The van der Waals surface area contributed by atoms with Gasteiger partial charge in [0.25, 0.3) is 11.8 Å². The van der Waals surface area contributed by atoms with E-state index in [1.54, 1.807) is 0 Å². The smallest absolute Gasteiger partial charge is 0.394 e. The zero-order valence-corrected chi connectivity index (χ0v) is 14.0. The molecular weight excluding hydrogens is 353 g/mol. The summed E-state index contributed by atoms with van der Waals surface area (Å²) in [5.74, 6) is -6.52.